The molecule has 0 spiro atoms. The Morgan fingerprint density at radius 2 is 1.37 bits per heavy atom. The van der Waals surface area contributed by atoms with Crippen molar-refractivity contribution in [2.75, 3.05) is 13.1 Å². The lowest BCUT2D eigenvalue weighted by atomic mass is 10.2. The number of halogens is 5. The highest BCUT2D eigenvalue weighted by atomic mass is 32.5. The molecule has 1 heterocycles. The standard InChI is InChI=1S/C11H14F5NOS/c12-19(13,14,15,16)11-6-4-10(5-7-11)18-17-8-2-1-3-9-17/h4-7H,1-3,8-9H2. The Balaban J connectivity index is 2.11. The van der Waals surface area contributed by atoms with Crippen molar-refractivity contribution >= 4 is 10.2 Å². The molecular weight excluding hydrogens is 289 g/mol. The Morgan fingerprint density at radius 1 is 0.842 bits per heavy atom. The molecule has 0 radical (unpaired) electrons. The Kier molecular flexibility index (Phi) is 3.02. The van der Waals surface area contributed by atoms with Gasteiger partial charge in [-0.25, -0.2) is 0 Å². The van der Waals surface area contributed by atoms with Crippen LogP contribution in [0.25, 0.3) is 0 Å². The van der Waals surface area contributed by atoms with Gasteiger partial charge in [-0.1, -0.05) is 25.8 Å². The first kappa shape index (κ1) is 14.4. The largest absolute Gasteiger partial charge is 0.406 e. The molecule has 1 aromatic rings. The van der Waals surface area contributed by atoms with Gasteiger partial charge < -0.3 is 4.84 Å². The van der Waals surface area contributed by atoms with Gasteiger partial charge in [-0.05, 0) is 37.1 Å². The number of hydroxylamine groups is 2. The van der Waals surface area contributed by atoms with Gasteiger partial charge in [0.1, 0.15) is 10.6 Å². The van der Waals surface area contributed by atoms with Crippen molar-refractivity contribution in [2.45, 2.75) is 24.2 Å². The summed E-state index contributed by atoms with van der Waals surface area (Å²) in [6, 6.07) is 2.56. The summed E-state index contributed by atoms with van der Waals surface area (Å²) in [6.07, 6.45) is 2.98. The number of hydrogen-bond donors (Lipinski definition) is 0. The Morgan fingerprint density at radius 3 is 1.84 bits per heavy atom. The van der Waals surface area contributed by atoms with Crippen LogP contribution in [-0.2, 0) is 0 Å². The molecule has 1 saturated heterocycles. The van der Waals surface area contributed by atoms with E-state index in [0.717, 1.165) is 31.4 Å². The Labute approximate surface area is 107 Å². The number of hydrogen-bond acceptors (Lipinski definition) is 2. The highest BCUT2D eigenvalue weighted by molar-refractivity contribution is 8.45. The van der Waals surface area contributed by atoms with E-state index in [4.69, 9.17) is 4.84 Å². The monoisotopic (exact) mass is 303 g/mol. The van der Waals surface area contributed by atoms with Crippen LogP contribution >= 0.6 is 10.2 Å². The first-order chi connectivity index (χ1) is 8.54. The summed E-state index contributed by atoms with van der Waals surface area (Å²) in [5, 5.41) is 1.62. The summed E-state index contributed by atoms with van der Waals surface area (Å²) in [6.45, 7) is 1.37. The highest BCUT2D eigenvalue weighted by Gasteiger charge is 2.65. The SMILES string of the molecule is FS(F)(F)(F)(F)c1ccc(ON2CCCCC2)cc1. The number of rotatable bonds is 3. The third kappa shape index (κ3) is 3.97. The number of benzene rings is 1. The van der Waals surface area contributed by atoms with Gasteiger partial charge >= 0.3 is 10.2 Å². The van der Waals surface area contributed by atoms with Crippen molar-refractivity contribution in [1.82, 2.24) is 5.06 Å². The predicted molar refractivity (Wildman–Crippen MR) is 63.9 cm³/mol. The lowest BCUT2D eigenvalue weighted by Gasteiger charge is -2.40. The van der Waals surface area contributed by atoms with Gasteiger partial charge in [0, 0.05) is 13.1 Å². The second kappa shape index (κ2) is 3.99. The highest BCUT2D eigenvalue weighted by Crippen LogP contribution is 3.02. The maximum atomic E-state index is 12.5. The van der Waals surface area contributed by atoms with Crippen LogP contribution in [0.3, 0.4) is 0 Å². The summed E-state index contributed by atoms with van der Waals surface area (Å²) < 4.78 is 62.4. The molecule has 0 saturated carbocycles. The average Bonchev–Trinajstić information content (AvgIpc) is 2.28. The zero-order valence-electron chi connectivity index (χ0n) is 10.00. The van der Waals surface area contributed by atoms with E-state index in [9.17, 15) is 19.4 Å². The molecule has 0 atom stereocenters. The second-order valence-electron chi connectivity index (χ2n) is 4.52. The normalized spacial score (nSPS) is 21.5. The van der Waals surface area contributed by atoms with Gasteiger partial charge in [-0.3, -0.25) is 0 Å². The molecule has 0 bridgehead atoms. The fourth-order valence-corrected chi connectivity index (χ4v) is 2.51. The van der Waals surface area contributed by atoms with Crippen LogP contribution in [0.1, 0.15) is 19.3 Å². The van der Waals surface area contributed by atoms with Gasteiger partial charge in [-0.2, -0.15) is 0 Å². The summed E-state index contributed by atoms with van der Waals surface area (Å²) in [5.41, 5.74) is 0. The van der Waals surface area contributed by atoms with Gasteiger partial charge in [0.2, 0.25) is 0 Å². The lowest BCUT2D eigenvalue weighted by molar-refractivity contribution is -0.0720. The Bertz CT molecular complexity index is 452. The minimum absolute atomic E-state index is 0.132. The lowest BCUT2D eigenvalue weighted by Crippen LogP contribution is -2.32. The van der Waals surface area contributed by atoms with E-state index in [-0.39, 0.29) is 5.75 Å². The molecule has 0 aliphatic carbocycles. The quantitative estimate of drug-likeness (QED) is 0.718. The van der Waals surface area contributed by atoms with Gasteiger partial charge in [0.15, 0.2) is 0 Å². The van der Waals surface area contributed by atoms with Crippen molar-refractivity contribution in [3.8, 4) is 5.75 Å². The minimum Gasteiger partial charge on any atom is -0.406 e. The summed E-state index contributed by atoms with van der Waals surface area (Å²) >= 11 is 0. The van der Waals surface area contributed by atoms with Crippen molar-refractivity contribution in [3.05, 3.63) is 24.3 Å². The zero-order chi connectivity index (χ0) is 14.2. The third-order valence-corrected chi connectivity index (χ3v) is 3.98. The zero-order valence-corrected chi connectivity index (χ0v) is 10.8. The van der Waals surface area contributed by atoms with Gasteiger partial charge in [0.25, 0.3) is 0 Å². The number of piperidine rings is 1. The van der Waals surface area contributed by atoms with Crippen molar-refractivity contribution in [2.24, 2.45) is 0 Å². The smallest absolute Gasteiger partial charge is 0.310 e. The van der Waals surface area contributed by atoms with Crippen LogP contribution in [-0.4, -0.2) is 18.2 Å². The molecule has 1 fully saturated rings. The van der Waals surface area contributed by atoms with E-state index in [0.29, 0.717) is 25.2 Å². The molecule has 0 amide bonds. The third-order valence-electron chi connectivity index (χ3n) is 2.82. The Hall–Kier alpha value is -1.02. The van der Waals surface area contributed by atoms with Crippen LogP contribution in [0.15, 0.2) is 29.2 Å². The van der Waals surface area contributed by atoms with Crippen LogP contribution in [0.4, 0.5) is 19.4 Å². The molecule has 110 valence electrons. The molecule has 1 aliphatic rings. The van der Waals surface area contributed by atoms with Crippen LogP contribution in [0.2, 0.25) is 0 Å². The molecule has 1 aliphatic heterocycles. The molecule has 0 unspecified atom stereocenters. The van der Waals surface area contributed by atoms with Crippen LogP contribution in [0.5, 0.6) is 5.75 Å². The maximum Gasteiger partial charge on any atom is 0.310 e. The summed E-state index contributed by atoms with van der Waals surface area (Å²) in [4.78, 5) is 3.43. The molecular formula is C11H14F5NOS. The minimum atomic E-state index is -9.58. The summed E-state index contributed by atoms with van der Waals surface area (Å²) in [7, 11) is -9.58. The number of nitrogens with zero attached hydrogens (tertiary/aromatic N) is 1. The predicted octanol–water partition coefficient (Wildman–Crippen LogP) is 5.12. The second-order valence-corrected chi connectivity index (χ2v) is 6.93. The fraction of sp³-hybridized carbons (Fsp3) is 0.455. The molecule has 1 aromatic carbocycles. The average molecular weight is 303 g/mol. The van der Waals surface area contributed by atoms with Crippen molar-refractivity contribution in [3.63, 3.8) is 0 Å². The van der Waals surface area contributed by atoms with E-state index in [2.05, 4.69) is 0 Å². The molecule has 8 heteroatoms. The summed E-state index contributed by atoms with van der Waals surface area (Å²) in [5.74, 6) is 0.132. The van der Waals surface area contributed by atoms with Gasteiger partial charge in [0.05, 0.1) is 0 Å². The van der Waals surface area contributed by atoms with Gasteiger partial charge in [-0.15, -0.1) is 5.06 Å². The molecule has 2 nitrogen and oxygen atoms in total. The maximum absolute atomic E-state index is 12.5. The van der Waals surface area contributed by atoms with E-state index < -0.39 is 15.1 Å². The molecule has 0 N–H and O–H groups in total. The van der Waals surface area contributed by atoms with Crippen molar-refractivity contribution in [1.29, 1.82) is 0 Å². The first-order valence-corrected chi connectivity index (χ1v) is 7.77. The van der Waals surface area contributed by atoms with Crippen molar-refractivity contribution < 1.29 is 24.3 Å². The van der Waals surface area contributed by atoms with E-state index in [1.807, 2.05) is 0 Å². The van der Waals surface area contributed by atoms with E-state index in [1.54, 1.807) is 5.06 Å². The van der Waals surface area contributed by atoms with E-state index >= 15 is 0 Å². The molecule has 19 heavy (non-hydrogen) atoms. The fourth-order valence-electron chi connectivity index (χ4n) is 1.86. The molecule has 2 rings (SSSR count). The first-order valence-electron chi connectivity index (χ1n) is 5.82. The topological polar surface area (TPSA) is 12.5 Å². The van der Waals surface area contributed by atoms with E-state index in [1.165, 1.54) is 0 Å². The van der Waals surface area contributed by atoms with Crippen LogP contribution < -0.4 is 4.84 Å². The molecule has 0 aromatic heterocycles. The van der Waals surface area contributed by atoms with Crippen LogP contribution in [0, 0.1) is 0 Å².